The van der Waals surface area contributed by atoms with Crippen LogP contribution in [0, 0.1) is 0 Å². The first-order chi connectivity index (χ1) is 12.5. The lowest BCUT2D eigenvalue weighted by Gasteiger charge is -2.30. The summed E-state index contributed by atoms with van der Waals surface area (Å²) < 4.78 is 0. The van der Waals surface area contributed by atoms with Crippen LogP contribution in [0.1, 0.15) is 29.3 Å². The second kappa shape index (κ2) is 6.68. The van der Waals surface area contributed by atoms with E-state index >= 15 is 0 Å². The third-order valence-electron chi connectivity index (χ3n) is 5.25. The molecule has 5 nitrogen and oxygen atoms in total. The van der Waals surface area contributed by atoms with E-state index in [9.17, 15) is 9.59 Å². The number of hydrogen-bond acceptors (Lipinski definition) is 4. The molecule has 1 aromatic heterocycles. The van der Waals surface area contributed by atoms with Crippen LogP contribution in [0.5, 0.6) is 0 Å². The minimum Gasteiger partial charge on any atom is -0.319 e. The Morgan fingerprint density at radius 2 is 2.15 bits per heavy atom. The van der Waals surface area contributed by atoms with Gasteiger partial charge in [-0.25, -0.2) is 9.69 Å². The van der Waals surface area contributed by atoms with Gasteiger partial charge >= 0.3 is 6.03 Å². The Kier molecular flexibility index (Phi) is 4.50. The van der Waals surface area contributed by atoms with Gasteiger partial charge in [0.2, 0.25) is 0 Å². The Hall–Kier alpha value is -1.89. The number of hydrogen-bond donors (Lipinski definition) is 1. The number of fused-ring (bicyclic) bond motifs is 1. The first-order valence-electron chi connectivity index (χ1n) is 8.71. The maximum atomic E-state index is 13.2. The predicted molar refractivity (Wildman–Crippen MR) is 102 cm³/mol. The van der Waals surface area contributed by atoms with E-state index < -0.39 is 5.54 Å². The van der Waals surface area contributed by atoms with Crippen molar-refractivity contribution in [1.29, 1.82) is 0 Å². The van der Waals surface area contributed by atoms with E-state index in [4.69, 9.17) is 11.6 Å². The van der Waals surface area contributed by atoms with Gasteiger partial charge in [0.05, 0.1) is 6.67 Å². The molecule has 136 valence electrons. The third kappa shape index (κ3) is 2.82. The SMILES string of the molecule is CC[C@@]1(c2cccc(Cl)c2)NC(=O)N(CN2CCc3sccc3C2)C1=O. The summed E-state index contributed by atoms with van der Waals surface area (Å²) in [7, 11) is 0. The number of imide groups is 1. The molecule has 0 bridgehead atoms. The summed E-state index contributed by atoms with van der Waals surface area (Å²) in [6.45, 7) is 3.83. The number of nitrogens with zero attached hydrogens (tertiary/aromatic N) is 2. The third-order valence-corrected chi connectivity index (χ3v) is 6.51. The second-order valence-electron chi connectivity index (χ2n) is 6.75. The van der Waals surface area contributed by atoms with Gasteiger partial charge in [0, 0.05) is 23.0 Å². The van der Waals surface area contributed by atoms with E-state index in [1.807, 2.05) is 13.0 Å². The lowest BCUT2D eigenvalue weighted by molar-refractivity contribution is -0.133. The Morgan fingerprint density at radius 1 is 1.31 bits per heavy atom. The van der Waals surface area contributed by atoms with Crippen molar-refractivity contribution in [2.75, 3.05) is 13.2 Å². The average molecular weight is 390 g/mol. The topological polar surface area (TPSA) is 52.7 Å². The van der Waals surface area contributed by atoms with Gasteiger partial charge < -0.3 is 5.32 Å². The number of rotatable bonds is 4. The fourth-order valence-corrected chi connectivity index (χ4v) is 4.86. The summed E-state index contributed by atoms with van der Waals surface area (Å²) >= 11 is 7.88. The number of amides is 3. The molecular formula is C19H20ClN3O2S. The van der Waals surface area contributed by atoms with Crippen molar-refractivity contribution in [1.82, 2.24) is 15.1 Å². The van der Waals surface area contributed by atoms with Crippen LogP contribution in [0.15, 0.2) is 35.7 Å². The van der Waals surface area contributed by atoms with E-state index in [1.54, 1.807) is 29.5 Å². The molecule has 26 heavy (non-hydrogen) atoms. The van der Waals surface area contributed by atoms with Crippen molar-refractivity contribution < 1.29 is 9.59 Å². The standard InChI is InChI=1S/C19H20ClN3O2S/c1-2-19(14-4-3-5-15(20)10-14)17(24)23(18(25)21-19)12-22-8-6-16-13(11-22)7-9-26-16/h3-5,7,9-10H,2,6,8,11-12H2,1H3,(H,21,25)/t19-/m0/s1. The van der Waals surface area contributed by atoms with Crippen molar-refractivity contribution >= 4 is 34.9 Å². The molecule has 2 aliphatic rings. The molecule has 2 aromatic rings. The molecule has 0 unspecified atom stereocenters. The number of carbonyl (C=O) groups is 2. The average Bonchev–Trinajstić information content (AvgIpc) is 3.19. The smallest absolute Gasteiger partial charge is 0.319 e. The number of benzene rings is 1. The van der Waals surface area contributed by atoms with E-state index in [2.05, 4.69) is 21.7 Å². The van der Waals surface area contributed by atoms with Crippen molar-refractivity contribution in [3.05, 3.63) is 56.7 Å². The Labute approximate surface area is 161 Å². The monoisotopic (exact) mass is 389 g/mol. The molecule has 1 aromatic carbocycles. The number of carbonyl (C=O) groups excluding carboxylic acids is 2. The van der Waals surface area contributed by atoms with Crippen LogP contribution in [0.4, 0.5) is 4.79 Å². The van der Waals surface area contributed by atoms with Gasteiger partial charge in [0.25, 0.3) is 5.91 Å². The second-order valence-corrected chi connectivity index (χ2v) is 8.18. The van der Waals surface area contributed by atoms with Gasteiger partial charge in [0.15, 0.2) is 0 Å². The lowest BCUT2D eigenvalue weighted by Crippen LogP contribution is -2.46. The Bertz CT molecular complexity index is 868. The summed E-state index contributed by atoms with van der Waals surface area (Å²) in [6, 6.07) is 8.95. The number of urea groups is 1. The van der Waals surface area contributed by atoms with Crippen LogP contribution >= 0.6 is 22.9 Å². The molecule has 4 rings (SSSR count). The molecule has 0 saturated carbocycles. The summed E-state index contributed by atoms with van der Waals surface area (Å²) in [4.78, 5) is 30.7. The van der Waals surface area contributed by atoms with Gasteiger partial charge in [-0.15, -0.1) is 11.3 Å². The Morgan fingerprint density at radius 3 is 2.92 bits per heavy atom. The zero-order valence-electron chi connectivity index (χ0n) is 14.5. The van der Waals surface area contributed by atoms with E-state index in [0.29, 0.717) is 18.1 Å². The first-order valence-corrected chi connectivity index (χ1v) is 9.97. The largest absolute Gasteiger partial charge is 0.326 e. The minimum absolute atomic E-state index is 0.205. The number of nitrogens with one attached hydrogen (secondary N) is 1. The van der Waals surface area contributed by atoms with Crippen LogP contribution in [0.2, 0.25) is 5.02 Å². The number of thiophene rings is 1. The van der Waals surface area contributed by atoms with E-state index in [1.165, 1.54) is 15.3 Å². The van der Waals surface area contributed by atoms with Crippen LogP contribution in [-0.4, -0.2) is 35.0 Å². The van der Waals surface area contributed by atoms with Gasteiger partial charge in [0.1, 0.15) is 5.54 Å². The van der Waals surface area contributed by atoms with Gasteiger partial charge in [-0.2, -0.15) is 0 Å². The summed E-state index contributed by atoms with van der Waals surface area (Å²) in [5.74, 6) is -0.205. The van der Waals surface area contributed by atoms with Gasteiger partial charge in [-0.05, 0) is 47.5 Å². The first kappa shape index (κ1) is 17.5. The molecular weight excluding hydrogens is 370 g/mol. The van der Waals surface area contributed by atoms with E-state index in [-0.39, 0.29) is 11.9 Å². The minimum atomic E-state index is -1.04. The van der Waals surface area contributed by atoms with Crippen molar-refractivity contribution in [3.8, 4) is 0 Å². The maximum Gasteiger partial charge on any atom is 0.326 e. The molecule has 7 heteroatoms. The van der Waals surface area contributed by atoms with E-state index in [0.717, 1.165) is 25.1 Å². The van der Waals surface area contributed by atoms with Crippen LogP contribution < -0.4 is 5.32 Å². The highest BCUT2D eigenvalue weighted by atomic mass is 35.5. The van der Waals surface area contributed by atoms with Crippen LogP contribution in [-0.2, 0) is 23.3 Å². The molecule has 1 fully saturated rings. The lowest BCUT2D eigenvalue weighted by atomic mass is 9.87. The summed E-state index contributed by atoms with van der Waals surface area (Å²) in [5.41, 5.74) is 0.989. The highest BCUT2D eigenvalue weighted by Crippen LogP contribution is 2.34. The maximum absolute atomic E-state index is 13.2. The molecule has 0 aliphatic carbocycles. The molecule has 3 heterocycles. The quantitative estimate of drug-likeness (QED) is 0.813. The normalized spacial score (nSPS) is 23.2. The molecule has 3 amide bonds. The highest BCUT2D eigenvalue weighted by Gasteiger charge is 2.51. The van der Waals surface area contributed by atoms with Crippen molar-refractivity contribution in [3.63, 3.8) is 0 Å². The molecule has 1 atom stereocenters. The molecule has 2 aliphatic heterocycles. The molecule has 1 N–H and O–H groups in total. The molecule has 1 saturated heterocycles. The zero-order valence-corrected chi connectivity index (χ0v) is 16.1. The zero-order chi connectivity index (χ0) is 18.3. The van der Waals surface area contributed by atoms with Crippen molar-refractivity contribution in [2.24, 2.45) is 0 Å². The van der Waals surface area contributed by atoms with Gasteiger partial charge in [-0.3, -0.25) is 9.69 Å². The molecule has 0 spiro atoms. The molecule has 0 radical (unpaired) electrons. The summed E-state index contributed by atoms with van der Waals surface area (Å²) in [5, 5.41) is 5.57. The van der Waals surface area contributed by atoms with Crippen LogP contribution in [0.3, 0.4) is 0 Å². The fourth-order valence-electron chi connectivity index (χ4n) is 3.78. The van der Waals surface area contributed by atoms with Crippen molar-refractivity contribution in [2.45, 2.75) is 31.8 Å². The predicted octanol–water partition coefficient (Wildman–Crippen LogP) is 3.57. The highest BCUT2D eigenvalue weighted by molar-refractivity contribution is 7.10. The number of halogens is 1. The van der Waals surface area contributed by atoms with Crippen LogP contribution in [0.25, 0.3) is 0 Å². The van der Waals surface area contributed by atoms with Gasteiger partial charge in [-0.1, -0.05) is 30.7 Å². The Balaban J connectivity index is 1.57. The summed E-state index contributed by atoms with van der Waals surface area (Å²) in [6.07, 6.45) is 1.44. The fraction of sp³-hybridized carbons (Fsp3) is 0.368.